The fraction of sp³-hybridized carbons (Fsp3) is 0.294. The number of benzene rings is 3. The van der Waals surface area contributed by atoms with Gasteiger partial charge >= 0.3 is 12.1 Å². The van der Waals surface area contributed by atoms with Crippen molar-refractivity contribution in [3.63, 3.8) is 0 Å². The molecule has 2 aliphatic heterocycles. The van der Waals surface area contributed by atoms with Gasteiger partial charge < -0.3 is 29.5 Å². The molecular weight excluding hydrogens is 612 g/mol. The third-order valence-electron chi connectivity index (χ3n) is 8.88. The molecule has 3 aromatic carbocycles. The third-order valence-corrected chi connectivity index (χ3v) is 8.88. The summed E-state index contributed by atoms with van der Waals surface area (Å²) in [7, 11) is 0. The number of carbonyl (C=O) groups is 3. The van der Waals surface area contributed by atoms with Gasteiger partial charge in [0.05, 0.1) is 35.7 Å². The van der Waals surface area contributed by atoms with Crippen molar-refractivity contribution in [1.29, 1.82) is 0 Å². The Balaban J connectivity index is 1.02. The molecule has 2 saturated heterocycles. The lowest BCUT2D eigenvalue weighted by Crippen LogP contribution is -2.47. The van der Waals surface area contributed by atoms with Gasteiger partial charge in [-0.1, -0.05) is 18.2 Å². The van der Waals surface area contributed by atoms with E-state index >= 15 is 8.78 Å². The number of nitrogens with zero attached hydrogens (tertiary/aromatic N) is 4. The number of ether oxygens (including phenoxy) is 1. The molecule has 7 rings (SSSR count). The summed E-state index contributed by atoms with van der Waals surface area (Å²) in [5.41, 5.74) is 0.854. The van der Waals surface area contributed by atoms with E-state index in [-0.39, 0.29) is 36.0 Å². The smallest absolute Gasteiger partial charge is 0.414 e. The highest BCUT2D eigenvalue weighted by molar-refractivity contribution is 5.95. The predicted octanol–water partition coefficient (Wildman–Crippen LogP) is 4.39. The van der Waals surface area contributed by atoms with Crippen molar-refractivity contribution in [3.05, 3.63) is 99.8 Å². The Morgan fingerprint density at radius 2 is 1.57 bits per heavy atom. The number of piperazine rings is 1. The molecule has 0 bridgehead atoms. The minimum absolute atomic E-state index is 0.0315. The van der Waals surface area contributed by atoms with Crippen molar-refractivity contribution < 1.29 is 33.0 Å². The van der Waals surface area contributed by atoms with Gasteiger partial charge in [0.15, 0.2) is 0 Å². The van der Waals surface area contributed by atoms with Crippen LogP contribution in [0.5, 0.6) is 0 Å². The molecule has 242 valence electrons. The molecule has 47 heavy (non-hydrogen) atoms. The number of carbonyl (C=O) groups excluding carboxylic acids is 2. The van der Waals surface area contributed by atoms with Crippen LogP contribution in [0.15, 0.2) is 71.7 Å². The van der Waals surface area contributed by atoms with Crippen molar-refractivity contribution in [2.24, 2.45) is 0 Å². The van der Waals surface area contributed by atoms with Crippen LogP contribution in [0.1, 0.15) is 39.6 Å². The van der Waals surface area contributed by atoms with Crippen LogP contribution < -0.4 is 25.4 Å². The van der Waals surface area contributed by atoms with Crippen molar-refractivity contribution in [1.82, 2.24) is 9.88 Å². The van der Waals surface area contributed by atoms with Crippen LogP contribution >= 0.6 is 0 Å². The highest BCUT2D eigenvalue weighted by Gasteiger charge is 2.34. The maximum absolute atomic E-state index is 15.4. The number of nitrogens with one attached hydrogen (secondary N) is 1. The van der Waals surface area contributed by atoms with Gasteiger partial charge in [-0.3, -0.25) is 14.5 Å². The maximum Gasteiger partial charge on any atom is 0.414 e. The summed E-state index contributed by atoms with van der Waals surface area (Å²) in [5, 5.41) is 12.3. The highest BCUT2D eigenvalue weighted by Crippen LogP contribution is 2.38. The van der Waals surface area contributed by atoms with Crippen LogP contribution in [0.2, 0.25) is 0 Å². The molecule has 1 aromatic heterocycles. The first-order chi connectivity index (χ1) is 22.7. The number of halogens is 2. The molecule has 1 atom stereocenters. The van der Waals surface area contributed by atoms with Crippen LogP contribution in [0.25, 0.3) is 10.9 Å². The minimum atomic E-state index is -1.35. The monoisotopic (exact) mass is 643 g/mol. The lowest BCUT2D eigenvalue weighted by atomic mass is 10.1. The van der Waals surface area contributed by atoms with E-state index in [0.717, 1.165) is 18.9 Å². The molecule has 3 aliphatic rings. The van der Waals surface area contributed by atoms with Crippen molar-refractivity contribution >= 4 is 45.9 Å². The lowest BCUT2D eigenvalue weighted by Gasteiger charge is -2.37. The Morgan fingerprint density at radius 3 is 2.23 bits per heavy atom. The Bertz CT molecular complexity index is 1960. The number of aromatic carboxylic acids is 1. The molecule has 2 N–H and O–H groups in total. The number of amides is 2. The van der Waals surface area contributed by atoms with E-state index in [1.807, 2.05) is 15.9 Å². The first kappa shape index (κ1) is 30.2. The summed E-state index contributed by atoms with van der Waals surface area (Å²) in [4.78, 5) is 54.4. The van der Waals surface area contributed by atoms with Crippen molar-refractivity contribution in [2.45, 2.75) is 25.0 Å². The number of pyridine rings is 1. The fourth-order valence-electron chi connectivity index (χ4n) is 6.25. The zero-order valence-electron chi connectivity index (χ0n) is 25.2. The van der Waals surface area contributed by atoms with Crippen LogP contribution in [-0.2, 0) is 4.74 Å². The molecule has 3 heterocycles. The molecule has 1 saturated carbocycles. The fourth-order valence-corrected chi connectivity index (χ4v) is 6.25. The Morgan fingerprint density at radius 1 is 0.894 bits per heavy atom. The topological polar surface area (TPSA) is 124 Å². The first-order valence-electron chi connectivity index (χ1n) is 15.4. The Kier molecular flexibility index (Phi) is 7.74. The quantitative estimate of drug-likeness (QED) is 0.290. The molecule has 3 fully saturated rings. The summed E-state index contributed by atoms with van der Waals surface area (Å²) in [6.45, 7) is 1.78. The summed E-state index contributed by atoms with van der Waals surface area (Å²) in [6, 6.07) is 16.0. The molecule has 0 radical (unpaired) electrons. The number of anilines is 3. The van der Waals surface area contributed by atoms with Crippen LogP contribution in [-0.4, -0.2) is 73.0 Å². The minimum Gasteiger partial charge on any atom is -0.477 e. The highest BCUT2D eigenvalue weighted by atomic mass is 19.1. The normalized spacial score (nSPS) is 18.0. The van der Waals surface area contributed by atoms with Gasteiger partial charge in [0.25, 0.3) is 5.91 Å². The lowest BCUT2D eigenvalue weighted by molar-refractivity contribution is 0.0694. The van der Waals surface area contributed by atoms with E-state index in [1.165, 1.54) is 17.2 Å². The van der Waals surface area contributed by atoms with Gasteiger partial charge in [0, 0.05) is 49.4 Å². The SMILES string of the molecule is O=C(NC[C@H]1CN(c2ccc(N3CCN(c4cc5c(cc4F)c(=O)c(C(=O)O)cn5C4CC4)CC3)c(F)c2)C(=O)O1)c1ccccc1. The zero-order valence-corrected chi connectivity index (χ0v) is 25.2. The number of hydrogen-bond donors (Lipinski definition) is 2. The molecule has 0 unspecified atom stereocenters. The maximum atomic E-state index is 15.4. The van der Waals surface area contributed by atoms with Crippen LogP contribution in [0, 0.1) is 11.6 Å². The van der Waals surface area contributed by atoms with E-state index in [9.17, 15) is 24.3 Å². The number of carboxylic acid groups (broad SMARTS) is 1. The second-order valence-corrected chi connectivity index (χ2v) is 11.9. The van der Waals surface area contributed by atoms with Gasteiger partial charge in [-0.25, -0.2) is 18.4 Å². The average molecular weight is 644 g/mol. The second-order valence-electron chi connectivity index (χ2n) is 11.9. The summed E-state index contributed by atoms with van der Waals surface area (Å²) < 4.78 is 38.0. The van der Waals surface area contributed by atoms with Gasteiger partial charge in [-0.15, -0.1) is 0 Å². The van der Waals surface area contributed by atoms with E-state index in [0.29, 0.717) is 54.3 Å². The molecule has 11 nitrogen and oxygen atoms in total. The van der Waals surface area contributed by atoms with Crippen molar-refractivity contribution in [2.75, 3.05) is 54.0 Å². The second kappa shape index (κ2) is 12.0. The number of cyclic esters (lactones) is 1. The van der Waals surface area contributed by atoms with Crippen molar-refractivity contribution in [3.8, 4) is 0 Å². The number of rotatable bonds is 8. The number of carboxylic acids is 1. The first-order valence-corrected chi connectivity index (χ1v) is 15.4. The molecule has 1 aliphatic carbocycles. The summed E-state index contributed by atoms with van der Waals surface area (Å²) >= 11 is 0. The summed E-state index contributed by atoms with van der Waals surface area (Å²) in [6.07, 6.45) is 1.81. The number of hydrogen-bond acceptors (Lipinski definition) is 7. The van der Waals surface area contributed by atoms with E-state index in [1.54, 1.807) is 47.0 Å². The third kappa shape index (κ3) is 5.84. The van der Waals surface area contributed by atoms with Gasteiger partial charge in [-0.2, -0.15) is 0 Å². The molecule has 2 amide bonds. The molecule has 0 spiro atoms. The molecular formula is C34H31F2N5O6. The molecule has 13 heteroatoms. The van der Waals surface area contributed by atoms with Crippen LogP contribution in [0.3, 0.4) is 0 Å². The standard InChI is InChI=1S/C34H31F2N5O6/c35-26-14-22(41-18-23(47-34(41)46)17-37-32(43)20-4-2-1-3-5-20)8-9-28(26)38-10-12-39(13-11-38)30-16-29-24(15-27(30)36)31(42)25(33(44)45)19-40(29)21-6-7-21/h1-5,8-9,14-16,19,21,23H,6-7,10-13,17-18H2,(H,37,43)(H,44,45)/t23-/m0/s1. The molecule has 4 aromatic rings. The largest absolute Gasteiger partial charge is 0.477 e. The van der Waals surface area contributed by atoms with Gasteiger partial charge in [0.2, 0.25) is 5.43 Å². The van der Waals surface area contributed by atoms with Gasteiger partial charge in [-0.05, 0) is 55.3 Å². The van der Waals surface area contributed by atoms with Gasteiger partial charge in [0.1, 0.15) is 23.3 Å². The average Bonchev–Trinajstić information content (AvgIpc) is 3.85. The zero-order chi connectivity index (χ0) is 32.8. The van der Waals surface area contributed by atoms with E-state index in [2.05, 4.69) is 5.32 Å². The Labute approximate surface area is 267 Å². The van der Waals surface area contributed by atoms with E-state index < -0.39 is 35.2 Å². The van der Waals surface area contributed by atoms with Crippen LogP contribution in [0.4, 0.5) is 30.6 Å². The Hall–Kier alpha value is -5.46. The summed E-state index contributed by atoms with van der Waals surface area (Å²) in [5.74, 6) is -2.78. The van der Waals surface area contributed by atoms with E-state index in [4.69, 9.17) is 4.74 Å². The number of aromatic nitrogens is 1. The predicted molar refractivity (Wildman–Crippen MR) is 171 cm³/mol. The number of fused-ring (bicyclic) bond motifs is 1.